The van der Waals surface area contributed by atoms with Crippen LogP contribution in [0.4, 0.5) is 23.0 Å². The number of hydrogen-bond acceptors (Lipinski definition) is 8. The summed E-state index contributed by atoms with van der Waals surface area (Å²) in [5.74, 6) is 1.14. The van der Waals surface area contributed by atoms with E-state index in [9.17, 15) is 0 Å². The van der Waals surface area contributed by atoms with Gasteiger partial charge in [-0.2, -0.15) is 0 Å². The quantitative estimate of drug-likeness (QED) is 0.581. The van der Waals surface area contributed by atoms with Gasteiger partial charge in [0.1, 0.15) is 18.0 Å². The molecular weight excluding hydrogens is 296 g/mol. The minimum absolute atomic E-state index is 0.451. The van der Waals surface area contributed by atoms with Gasteiger partial charge < -0.3 is 20.7 Å². The Hall–Kier alpha value is -2.96. The molecule has 0 saturated carbocycles. The Morgan fingerprint density at radius 3 is 2.48 bits per heavy atom. The van der Waals surface area contributed by atoms with Gasteiger partial charge in [-0.3, -0.25) is 0 Å². The first-order valence-corrected chi connectivity index (χ1v) is 7.04. The van der Waals surface area contributed by atoms with E-state index in [0.29, 0.717) is 11.6 Å². The number of nitrogens with one attached hydrogen (secondary N) is 2. The van der Waals surface area contributed by atoms with E-state index in [0.717, 1.165) is 38.1 Å². The fourth-order valence-corrected chi connectivity index (χ4v) is 2.17. The molecule has 2 heterocycles. The van der Waals surface area contributed by atoms with E-state index in [1.807, 2.05) is 12.1 Å². The van der Waals surface area contributed by atoms with Crippen LogP contribution >= 0.6 is 0 Å². The van der Waals surface area contributed by atoms with Crippen LogP contribution in [0.25, 0.3) is 0 Å². The van der Waals surface area contributed by atoms with E-state index in [1.54, 1.807) is 6.07 Å². The maximum Gasteiger partial charge on any atom is 0.231 e. The van der Waals surface area contributed by atoms with Crippen molar-refractivity contribution in [2.75, 3.05) is 42.3 Å². The highest BCUT2D eigenvalue weighted by Gasteiger charge is 2.10. The highest BCUT2D eigenvalue weighted by Crippen LogP contribution is 2.21. The van der Waals surface area contributed by atoms with Crippen molar-refractivity contribution >= 4 is 29.1 Å². The zero-order chi connectivity index (χ0) is 16.5. The monoisotopic (exact) mass is 314 g/mol. The molecule has 0 atom stereocenters. The SMILES string of the molecule is N=C=O.Nc1cc(Nc2ccc(N3CCOCC3)cc2)ncn1. The third-order valence-corrected chi connectivity index (χ3v) is 3.20. The molecular formula is C15H18N6O2. The number of nitrogens with zero attached hydrogens (tertiary/aromatic N) is 3. The van der Waals surface area contributed by atoms with Crippen LogP contribution in [0.3, 0.4) is 0 Å². The number of anilines is 4. The van der Waals surface area contributed by atoms with Gasteiger partial charge in [-0.15, -0.1) is 0 Å². The Bertz CT molecular complexity index is 649. The minimum Gasteiger partial charge on any atom is -0.384 e. The molecule has 0 unspecified atom stereocenters. The molecule has 8 nitrogen and oxygen atoms in total. The topological polar surface area (TPSA) is 117 Å². The van der Waals surface area contributed by atoms with Crippen LogP contribution in [0.2, 0.25) is 0 Å². The fraction of sp³-hybridized carbons (Fsp3) is 0.267. The number of nitrogens with two attached hydrogens (primary N) is 1. The molecule has 0 spiro atoms. The predicted molar refractivity (Wildman–Crippen MR) is 87.6 cm³/mol. The average molecular weight is 314 g/mol. The summed E-state index contributed by atoms with van der Waals surface area (Å²) in [6, 6.07) is 9.96. The third-order valence-electron chi connectivity index (χ3n) is 3.20. The largest absolute Gasteiger partial charge is 0.384 e. The summed E-state index contributed by atoms with van der Waals surface area (Å²) in [5, 5.41) is 8.60. The Morgan fingerprint density at radius 2 is 1.87 bits per heavy atom. The number of rotatable bonds is 3. The van der Waals surface area contributed by atoms with E-state index < -0.39 is 0 Å². The summed E-state index contributed by atoms with van der Waals surface area (Å²) in [6.45, 7) is 3.46. The minimum atomic E-state index is 0.451. The summed E-state index contributed by atoms with van der Waals surface area (Å²) in [6.07, 6.45) is 2.19. The highest BCUT2D eigenvalue weighted by atomic mass is 16.5. The normalized spacial score (nSPS) is 13.5. The van der Waals surface area contributed by atoms with Crippen LogP contribution in [0.15, 0.2) is 36.7 Å². The standard InChI is InChI=1S/C14H17N5O.CHNO/c15-13-9-14(17-10-16-13)18-11-1-3-12(4-2-11)19-5-7-20-8-6-19;2-1-3/h1-4,9-10H,5-8H2,(H3,15,16,17,18);2H. The lowest BCUT2D eigenvalue weighted by Gasteiger charge is -2.28. The van der Waals surface area contributed by atoms with E-state index in [-0.39, 0.29) is 0 Å². The van der Waals surface area contributed by atoms with Gasteiger partial charge in [-0.1, -0.05) is 0 Å². The lowest BCUT2D eigenvalue weighted by atomic mass is 10.2. The molecule has 2 aromatic rings. The van der Waals surface area contributed by atoms with E-state index in [2.05, 4.69) is 32.3 Å². The second-order valence-electron chi connectivity index (χ2n) is 4.70. The van der Waals surface area contributed by atoms with Crippen molar-refractivity contribution in [3.05, 3.63) is 36.7 Å². The third kappa shape index (κ3) is 5.06. The zero-order valence-corrected chi connectivity index (χ0v) is 12.5. The maximum absolute atomic E-state index is 8.35. The number of morpholine rings is 1. The van der Waals surface area contributed by atoms with Crippen molar-refractivity contribution in [3.63, 3.8) is 0 Å². The lowest BCUT2D eigenvalue weighted by molar-refractivity contribution is 0.122. The summed E-state index contributed by atoms with van der Waals surface area (Å²) >= 11 is 0. The van der Waals surface area contributed by atoms with E-state index in [1.165, 1.54) is 12.0 Å². The molecule has 23 heavy (non-hydrogen) atoms. The van der Waals surface area contributed by atoms with Crippen molar-refractivity contribution in [1.29, 1.82) is 5.41 Å². The first-order valence-electron chi connectivity index (χ1n) is 7.04. The second kappa shape index (κ2) is 8.47. The van der Waals surface area contributed by atoms with Gasteiger partial charge in [0, 0.05) is 30.5 Å². The molecule has 1 fully saturated rings. The van der Waals surface area contributed by atoms with Crippen LogP contribution in [0, 0.1) is 5.41 Å². The summed E-state index contributed by atoms with van der Waals surface area (Å²) in [4.78, 5) is 18.6. The number of nitrogen functional groups attached to an aromatic ring is 1. The molecule has 0 bridgehead atoms. The van der Waals surface area contributed by atoms with Crippen LogP contribution in [-0.4, -0.2) is 42.4 Å². The van der Waals surface area contributed by atoms with Gasteiger partial charge in [-0.25, -0.2) is 20.2 Å². The highest BCUT2D eigenvalue weighted by molar-refractivity contribution is 5.61. The number of carbonyl (C=O) groups excluding carboxylic acids is 1. The predicted octanol–water partition coefficient (Wildman–Crippen LogP) is 1.54. The molecule has 3 rings (SSSR count). The van der Waals surface area contributed by atoms with Crippen molar-refractivity contribution in [2.45, 2.75) is 0 Å². The first-order chi connectivity index (χ1) is 11.2. The molecule has 0 radical (unpaired) electrons. The van der Waals surface area contributed by atoms with Crippen molar-refractivity contribution in [1.82, 2.24) is 9.97 Å². The Balaban J connectivity index is 0.000000595. The van der Waals surface area contributed by atoms with Crippen LogP contribution in [0.5, 0.6) is 0 Å². The fourth-order valence-electron chi connectivity index (χ4n) is 2.17. The van der Waals surface area contributed by atoms with Gasteiger partial charge in [0.2, 0.25) is 6.08 Å². The molecule has 1 aliphatic rings. The molecule has 4 N–H and O–H groups in total. The van der Waals surface area contributed by atoms with Crippen molar-refractivity contribution < 1.29 is 9.53 Å². The molecule has 1 aromatic carbocycles. The molecule has 1 saturated heterocycles. The summed E-state index contributed by atoms with van der Waals surface area (Å²) < 4.78 is 5.36. The van der Waals surface area contributed by atoms with Crippen LogP contribution in [0.1, 0.15) is 0 Å². The molecule has 8 heteroatoms. The first kappa shape index (κ1) is 16.4. The smallest absolute Gasteiger partial charge is 0.231 e. The van der Waals surface area contributed by atoms with Crippen LogP contribution < -0.4 is 16.0 Å². The van der Waals surface area contributed by atoms with E-state index >= 15 is 0 Å². The summed E-state index contributed by atoms with van der Waals surface area (Å²) in [7, 11) is 0. The second-order valence-corrected chi connectivity index (χ2v) is 4.70. The number of ether oxygens (including phenoxy) is 1. The molecule has 1 aliphatic heterocycles. The van der Waals surface area contributed by atoms with Crippen molar-refractivity contribution in [2.24, 2.45) is 0 Å². The maximum atomic E-state index is 8.35. The van der Waals surface area contributed by atoms with Gasteiger partial charge in [-0.05, 0) is 24.3 Å². The van der Waals surface area contributed by atoms with Gasteiger partial charge in [0.25, 0.3) is 0 Å². The molecule has 120 valence electrons. The number of benzene rings is 1. The average Bonchev–Trinajstić information content (AvgIpc) is 2.57. The summed E-state index contributed by atoms with van der Waals surface area (Å²) in [5.41, 5.74) is 7.81. The number of hydrogen-bond donors (Lipinski definition) is 3. The van der Waals surface area contributed by atoms with E-state index in [4.69, 9.17) is 20.7 Å². The Morgan fingerprint density at radius 1 is 1.22 bits per heavy atom. The van der Waals surface area contributed by atoms with Gasteiger partial charge in [0.05, 0.1) is 13.2 Å². The zero-order valence-electron chi connectivity index (χ0n) is 12.5. The van der Waals surface area contributed by atoms with Crippen LogP contribution in [-0.2, 0) is 9.53 Å². The Kier molecular flexibility index (Phi) is 6.05. The number of aromatic nitrogens is 2. The molecule has 0 amide bonds. The molecule has 0 aliphatic carbocycles. The number of isocyanates is 1. The molecule has 1 aromatic heterocycles. The Labute approximate surface area is 133 Å². The lowest BCUT2D eigenvalue weighted by Crippen LogP contribution is -2.36. The van der Waals surface area contributed by atoms with Gasteiger partial charge in [0.15, 0.2) is 0 Å². The van der Waals surface area contributed by atoms with Crippen molar-refractivity contribution in [3.8, 4) is 0 Å². The van der Waals surface area contributed by atoms with Gasteiger partial charge >= 0.3 is 0 Å².